The summed E-state index contributed by atoms with van der Waals surface area (Å²) in [4.78, 5) is 25.5. The van der Waals surface area contributed by atoms with E-state index in [9.17, 15) is 9.59 Å². The van der Waals surface area contributed by atoms with E-state index >= 15 is 0 Å². The van der Waals surface area contributed by atoms with Gasteiger partial charge in [-0.15, -0.1) is 0 Å². The average molecular weight is 343 g/mol. The molecule has 1 N–H and O–H groups in total. The van der Waals surface area contributed by atoms with E-state index in [0.717, 1.165) is 18.5 Å². The zero-order chi connectivity index (χ0) is 17.6. The SMILES string of the molecule is COc1ccccc1-c1cc(C(=O)NCCCN2CCCC2=O)no1. The van der Waals surface area contributed by atoms with Crippen LogP contribution in [-0.4, -0.2) is 48.6 Å². The lowest BCUT2D eigenvalue weighted by Gasteiger charge is -2.14. The Morgan fingerprint density at radius 3 is 3.00 bits per heavy atom. The Morgan fingerprint density at radius 1 is 1.40 bits per heavy atom. The van der Waals surface area contributed by atoms with Crippen LogP contribution in [0.15, 0.2) is 34.9 Å². The molecule has 25 heavy (non-hydrogen) atoms. The standard InChI is InChI=1S/C18H21N3O4/c1-24-15-7-3-2-6-13(15)16-12-14(20-25-16)18(23)19-9-5-11-21-10-4-8-17(21)22/h2-3,6-7,12H,4-5,8-11H2,1H3,(H,19,23). The highest BCUT2D eigenvalue weighted by Gasteiger charge is 2.19. The van der Waals surface area contributed by atoms with Gasteiger partial charge in [-0.3, -0.25) is 9.59 Å². The molecule has 1 fully saturated rings. The second-order valence-corrected chi connectivity index (χ2v) is 5.87. The van der Waals surface area contributed by atoms with Gasteiger partial charge in [-0.05, 0) is 25.0 Å². The van der Waals surface area contributed by atoms with Crippen molar-refractivity contribution in [3.8, 4) is 17.1 Å². The molecule has 1 aromatic carbocycles. The van der Waals surface area contributed by atoms with Gasteiger partial charge in [-0.25, -0.2) is 0 Å². The molecule has 7 heteroatoms. The highest BCUT2D eigenvalue weighted by molar-refractivity contribution is 5.93. The van der Waals surface area contributed by atoms with Crippen LogP contribution in [-0.2, 0) is 4.79 Å². The maximum absolute atomic E-state index is 12.2. The molecule has 1 aromatic heterocycles. The smallest absolute Gasteiger partial charge is 0.273 e. The van der Waals surface area contributed by atoms with Crippen molar-refractivity contribution in [2.24, 2.45) is 0 Å². The van der Waals surface area contributed by atoms with Gasteiger partial charge >= 0.3 is 0 Å². The molecular formula is C18H21N3O4. The number of rotatable bonds is 7. The average Bonchev–Trinajstić information content (AvgIpc) is 3.28. The second-order valence-electron chi connectivity index (χ2n) is 5.87. The fraction of sp³-hybridized carbons (Fsp3) is 0.389. The van der Waals surface area contributed by atoms with Crippen molar-refractivity contribution in [3.63, 3.8) is 0 Å². The molecule has 2 heterocycles. The normalized spacial score (nSPS) is 14.0. The molecule has 0 atom stereocenters. The lowest BCUT2D eigenvalue weighted by Crippen LogP contribution is -2.30. The number of methoxy groups -OCH3 is 1. The summed E-state index contributed by atoms with van der Waals surface area (Å²) in [5.41, 5.74) is 0.960. The van der Waals surface area contributed by atoms with Crippen molar-refractivity contribution in [2.45, 2.75) is 19.3 Å². The van der Waals surface area contributed by atoms with E-state index in [4.69, 9.17) is 9.26 Å². The molecule has 0 saturated carbocycles. The van der Waals surface area contributed by atoms with E-state index in [-0.39, 0.29) is 17.5 Å². The molecule has 0 bridgehead atoms. The van der Waals surface area contributed by atoms with Crippen molar-refractivity contribution >= 4 is 11.8 Å². The van der Waals surface area contributed by atoms with E-state index in [1.54, 1.807) is 13.2 Å². The van der Waals surface area contributed by atoms with Crippen LogP contribution in [0.5, 0.6) is 5.75 Å². The van der Waals surface area contributed by atoms with E-state index in [0.29, 0.717) is 37.4 Å². The zero-order valence-electron chi connectivity index (χ0n) is 14.2. The monoisotopic (exact) mass is 343 g/mol. The maximum Gasteiger partial charge on any atom is 0.273 e. The topological polar surface area (TPSA) is 84.7 Å². The molecule has 2 amide bonds. The number of hydrogen-bond donors (Lipinski definition) is 1. The third-order valence-corrected chi connectivity index (χ3v) is 4.18. The van der Waals surface area contributed by atoms with Crippen LogP contribution in [0, 0.1) is 0 Å². The van der Waals surface area contributed by atoms with Gasteiger partial charge in [0.25, 0.3) is 5.91 Å². The van der Waals surface area contributed by atoms with Crippen LogP contribution in [0.4, 0.5) is 0 Å². The zero-order valence-corrected chi connectivity index (χ0v) is 14.2. The third kappa shape index (κ3) is 3.99. The predicted octanol–water partition coefficient (Wildman–Crippen LogP) is 2.09. The van der Waals surface area contributed by atoms with Gasteiger partial charge < -0.3 is 19.5 Å². The first kappa shape index (κ1) is 17.0. The molecule has 0 unspecified atom stereocenters. The van der Waals surface area contributed by atoms with Crippen LogP contribution < -0.4 is 10.1 Å². The number of nitrogens with zero attached hydrogens (tertiary/aromatic N) is 2. The highest BCUT2D eigenvalue weighted by atomic mass is 16.5. The van der Waals surface area contributed by atoms with Gasteiger partial charge in [0.05, 0.1) is 12.7 Å². The largest absolute Gasteiger partial charge is 0.496 e. The molecule has 0 spiro atoms. The number of likely N-dealkylation sites (tertiary alicyclic amines) is 1. The van der Waals surface area contributed by atoms with Crippen molar-refractivity contribution in [1.82, 2.24) is 15.4 Å². The molecule has 7 nitrogen and oxygen atoms in total. The number of ether oxygens (including phenoxy) is 1. The molecule has 2 aromatic rings. The number of hydrogen-bond acceptors (Lipinski definition) is 5. The number of carbonyl (C=O) groups excluding carboxylic acids is 2. The van der Waals surface area contributed by atoms with E-state index < -0.39 is 0 Å². The summed E-state index contributed by atoms with van der Waals surface area (Å²) in [6.07, 6.45) is 2.28. The highest BCUT2D eigenvalue weighted by Crippen LogP contribution is 2.29. The molecule has 1 saturated heterocycles. The number of aromatic nitrogens is 1. The van der Waals surface area contributed by atoms with Gasteiger partial charge in [-0.1, -0.05) is 17.3 Å². The van der Waals surface area contributed by atoms with Crippen molar-refractivity contribution in [3.05, 3.63) is 36.0 Å². The number of carbonyl (C=O) groups is 2. The fourth-order valence-electron chi connectivity index (χ4n) is 2.86. The molecule has 1 aliphatic rings. The summed E-state index contributed by atoms with van der Waals surface area (Å²) < 4.78 is 10.6. The van der Waals surface area contributed by atoms with Crippen molar-refractivity contribution < 1.29 is 18.8 Å². The summed E-state index contributed by atoms with van der Waals surface area (Å²) in [6.45, 7) is 1.97. The molecule has 0 aliphatic carbocycles. The minimum absolute atomic E-state index is 0.198. The molecule has 132 valence electrons. The first-order chi connectivity index (χ1) is 12.2. The Bertz CT molecular complexity index is 756. The summed E-state index contributed by atoms with van der Waals surface area (Å²) >= 11 is 0. The predicted molar refractivity (Wildman–Crippen MR) is 91.3 cm³/mol. The molecule has 0 radical (unpaired) electrons. The maximum atomic E-state index is 12.2. The van der Waals surface area contributed by atoms with Gasteiger partial charge in [-0.2, -0.15) is 0 Å². The minimum atomic E-state index is -0.294. The van der Waals surface area contributed by atoms with Crippen LogP contribution in [0.2, 0.25) is 0 Å². The van der Waals surface area contributed by atoms with Gasteiger partial charge in [0, 0.05) is 32.1 Å². The first-order valence-electron chi connectivity index (χ1n) is 8.35. The molecular weight excluding hydrogens is 322 g/mol. The number of benzene rings is 1. The van der Waals surface area contributed by atoms with Crippen molar-refractivity contribution in [1.29, 1.82) is 0 Å². The lowest BCUT2D eigenvalue weighted by molar-refractivity contribution is -0.127. The third-order valence-electron chi connectivity index (χ3n) is 4.18. The number of amides is 2. The molecule has 1 aliphatic heterocycles. The van der Waals surface area contributed by atoms with Gasteiger partial charge in [0.15, 0.2) is 11.5 Å². The summed E-state index contributed by atoms with van der Waals surface area (Å²) in [5, 5.41) is 6.63. The van der Waals surface area contributed by atoms with E-state index in [1.165, 1.54) is 0 Å². The summed E-state index contributed by atoms with van der Waals surface area (Å²) in [6, 6.07) is 8.97. The minimum Gasteiger partial charge on any atom is -0.496 e. The quantitative estimate of drug-likeness (QED) is 0.778. The van der Waals surface area contributed by atoms with Gasteiger partial charge in [0.2, 0.25) is 5.91 Å². The van der Waals surface area contributed by atoms with Crippen LogP contribution >= 0.6 is 0 Å². The Labute approximate surface area is 145 Å². The van der Waals surface area contributed by atoms with Crippen molar-refractivity contribution in [2.75, 3.05) is 26.7 Å². The van der Waals surface area contributed by atoms with Crippen LogP contribution in [0.3, 0.4) is 0 Å². The lowest BCUT2D eigenvalue weighted by atomic mass is 10.1. The fourth-order valence-corrected chi connectivity index (χ4v) is 2.86. The Balaban J connectivity index is 1.53. The molecule has 3 rings (SSSR count). The number of nitrogens with one attached hydrogen (secondary N) is 1. The Kier molecular flexibility index (Phi) is 5.33. The van der Waals surface area contributed by atoms with Crippen LogP contribution in [0.1, 0.15) is 29.8 Å². The summed E-state index contributed by atoms with van der Waals surface area (Å²) in [7, 11) is 1.58. The second kappa shape index (κ2) is 7.83. The number of para-hydroxylation sites is 1. The van der Waals surface area contributed by atoms with Gasteiger partial charge in [0.1, 0.15) is 5.75 Å². The van der Waals surface area contributed by atoms with Crippen LogP contribution in [0.25, 0.3) is 11.3 Å². The summed E-state index contributed by atoms with van der Waals surface area (Å²) in [5.74, 6) is 1.04. The Morgan fingerprint density at radius 2 is 2.24 bits per heavy atom. The van der Waals surface area contributed by atoms with E-state index in [2.05, 4.69) is 10.5 Å². The first-order valence-corrected chi connectivity index (χ1v) is 8.35. The van der Waals surface area contributed by atoms with E-state index in [1.807, 2.05) is 29.2 Å². The Hall–Kier alpha value is -2.83.